The van der Waals surface area contributed by atoms with Crippen LogP contribution < -0.4 is 5.43 Å². The Morgan fingerprint density at radius 3 is 2.56 bits per heavy atom. The van der Waals surface area contributed by atoms with Gasteiger partial charge in [-0.05, 0) is 29.8 Å². The van der Waals surface area contributed by atoms with E-state index in [2.05, 4.69) is 14.9 Å². The molecule has 1 aliphatic rings. The number of benzene rings is 3. The third kappa shape index (κ3) is 2.70. The van der Waals surface area contributed by atoms with Gasteiger partial charge in [0.05, 0.1) is 5.71 Å². The molecule has 1 heterocycles. The molecule has 25 heavy (non-hydrogen) atoms. The topological polar surface area (TPSA) is 70.9 Å². The highest BCUT2D eigenvalue weighted by atomic mass is 32.2. The third-order valence-electron chi connectivity index (χ3n) is 4.14. The van der Waals surface area contributed by atoms with Gasteiger partial charge >= 0.3 is 0 Å². The minimum Gasteiger partial charge on any atom is -0.260 e. The Bertz CT molecular complexity index is 1140. The number of nitrogens with zero attached hydrogens (tertiary/aromatic N) is 2. The Labute approximate surface area is 145 Å². The van der Waals surface area contributed by atoms with Crippen molar-refractivity contribution >= 4 is 32.3 Å². The molecule has 1 N–H and O–H groups in total. The SMILES string of the molecule is C/C(=N\NC1=NS(=O)(=O)c2ccccc21)c1cccc2ccccc12. The van der Waals surface area contributed by atoms with Crippen LogP contribution in [0.1, 0.15) is 18.1 Å². The van der Waals surface area contributed by atoms with E-state index in [-0.39, 0.29) is 10.7 Å². The summed E-state index contributed by atoms with van der Waals surface area (Å²) in [4.78, 5) is 0.204. The zero-order valence-electron chi connectivity index (χ0n) is 13.5. The zero-order chi connectivity index (χ0) is 17.4. The first-order chi connectivity index (χ1) is 12.1. The van der Waals surface area contributed by atoms with Crippen LogP contribution in [0, 0.1) is 0 Å². The molecule has 0 bridgehead atoms. The molecule has 0 aromatic heterocycles. The maximum atomic E-state index is 12.1. The van der Waals surface area contributed by atoms with Crippen LogP contribution in [0.4, 0.5) is 0 Å². The molecular formula is C19H15N3O2S. The van der Waals surface area contributed by atoms with Gasteiger partial charge in [0.2, 0.25) is 0 Å². The van der Waals surface area contributed by atoms with Crippen molar-refractivity contribution in [2.75, 3.05) is 0 Å². The standard InChI is InChI=1S/C19H15N3O2S/c1-13(15-11-6-8-14-7-2-3-9-16(14)15)20-21-19-17-10-4-5-12-18(17)25(23,24)22-19/h2-12H,1H3,(H,21,22)/b20-13+. The summed E-state index contributed by atoms with van der Waals surface area (Å²) in [6, 6.07) is 20.8. The largest absolute Gasteiger partial charge is 0.285 e. The lowest BCUT2D eigenvalue weighted by Crippen LogP contribution is -2.19. The lowest BCUT2D eigenvalue weighted by atomic mass is 10.0. The number of rotatable bonds is 2. The summed E-state index contributed by atoms with van der Waals surface area (Å²) in [7, 11) is -3.65. The number of hydrogen-bond acceptors (Lipinski definition) is 4. The molecule has 5 nitrogen and oxygen atoms in total. The van der Waals surface area contributed by atoms with Gasteiger partial charge in [0, 0.05) is 11.1 Å². The number of hydrazone groups is 1. The lowest BCUT2D eigenvalue weighted by Gasteiger charge is -2.07. The van der Waals surface area contributed by atoms with E-state index in [0.29, 0.717) is 5.56 Å². The van der Waals surface area contributed by atoms with Gasteiger partial charge < -0.3 is 0 Å². The molecule has 0 saturated heterocycles. The number of hydrogen-bond donors (Lipinski definition) is 1. The predicted molar refractivity (Wildman–Crippen MR) is 99.5 cm³/mol. The Morgan fingerprint density at radius 1 is 0.960 bits per heavy atom. The Morgan fingerprint density at radius 2 is 1.68 bits per heavy atom. The van der Waals surface area contributed by atoms with E-state index in [9.17, 15) is 8.42 Å². The van der Waals surface area contributed by atoms with Crippen molar-refractivity contribution in [3.63, 3.8) is 0 Å². The van der Waals surface area contributed by atoms with Crippen molar-refractivity contribution in [1.29, 1.82) is 0 Å². The number of amidine groups is 1. The first-order valence-corrected chi connectivity index (χ1v) is 9.23. The Balaban J connectivity index is 1.71. The third-order valence-corrected chi connectivity index (χ3v) is 5.48. The summed E-state index contributed by atoms with van der Waals surface area (Å²) in [5.41, 5.74) is 5.09. The molecule has 0 fully saturated rings. The smallest absolute Gasteiger partial charge is 0.260 e. The van der Waals surface area contributed by atoms with Crippen molar-refractivity contribution < 1.29 is 8.42 Å². The van der Waals surface area contributed by atoms with Gasteiger partial charge in [0.15, 0.2) is 5.84 Å². The second kappa shape index (κ2) is 5.82. The molecule has 0 saturated carbocycles. The van der Waals surface area contributed by atoms with E-state index in [0.717, 1.165) is 22.0 Å². The van der Waals surface area contributed by atoms with E-state index in [4.69, 9.17) is 0 Å². The van der Waals surface area contributed by atoms with Gasteiger partial charge in [-0.2, -0.15) is 13.5 Å². The quantitative estimate of drug-likeness (QED) is 0.570. The lowest BCUT2D eigenvalue weighted by molar-refractivity contribution is 0.599. The summed E-state index contributed by atoms with van der Waals surface area (Å²) in [5, 5.41) is 6.58. The molecule has 6 heteroatoms. The summed E-state index contributed by atoms with van der Waals surface area (Å²) in [6.07, 6.45) is 0. The van der Waals surface area contributed by atoms with Gasteiger partial charge in [0.1, 0.15) is 4.90 Å². The molecule has 124 valence electrons. The van der Waals surface area contributed by atoms with E-state index >= 15 is 0 Å². The molecule has 0 spiro atoms. The van der Waals surface area contributed by atoms with Crippen LogP contribution in [0.5, 0.6) is 0 Å². The average molecular weight is 349 g/mol. The van der Waals surface area contributed by atoms with Crippen molar-refractivity contribution in [2.45, 2.75) is 11.8 Å². The molecule has 3 aromatic carbocycles. The van der Waals surface area contributed by atoms with Crippen molar-refractivity contribution in [3.8, 4) is 0 Å². The second-order valence-corrected chi connectivity index (χ2v) is 7.32. The maximum absolute atomic E-state index is 12.1. The first-order valence-electron chi connectivity index (χ1n) is 7.79. The van der Waals surface area contributed by atoms with Crippen molar-refractivity contribution in [1.82, 2.24) is 5.43 Å². The van der Waals surface area contributed by atoms with E-state index in [1.54, 1.807) is 24.3 Å². The molecule has 0 amide bonds. The van der Waals surface area contributed by atoms with Crippen LogP contribution in [0.25, 0.3) is 10.8 Å². The summed E-state index contributed by atoms with van der Waals surface area (Å²) in [5.74, 6) is 0.246. The van der Waals surface area contributed by atoms with Crippen LogP contribution in [-0.2, 0) is 10.0 Å². The fourth-order valence-corrected chi connectivity index (χ4v) is 4.10. The summed E-state index contributed by atoms with van der Waals surface area (Å²) >= 11 is 0. The van der Waals surface area contributed by atoms with Crippen LogP contribution >= 0.6 is 0 Å². The highest BCUT2D eigenvalue weighted by Crippen LogP contribution is 2.25. The summed E-state index contributed by atoms with van der Waals surface area (Å²) in [6.45, 7) is 1.88. The van der Waals surface area contributed by atoms with E-state index < -0.39 is 10.0 Å². The summed E-state index contributed by atoms with van der Waals surface area (Å²) < 4.78 is 27.9. The first kappa shape index (κ1) is 15.5. The molecule has 0 aliphatic carbocycles. The van der Waals surface area contributed by atoms with Crippen LogP contribution in [0.15, 0.2) is 81.1 Å². The molecule has 3 aromatic rings. The Kier molecular flexibility index (Phi) is 3.62. The fraction of sp³-hybridized carbons (Fsp3) is 0.0526. The second-order valence-electron chi connectivity index (χ2n) is 5.75. The van der Waals surface area contributed by atoms with Gasteiger partial charge in [0.25, 0.3) is 10.0 Å². The monoisotopic (exact) mass is 349 g/mol. The molecular weight excluding hydrogens is 334 g/mol. The molecule has 0 radical (unpaired) electrons. The molecule has 0 atom stereocenters. The highest BCUT2D eigenvalue weighted by Gasteiger charge is 2.28. The van der Waals surface area contributed by atoms with Gasteiger partial charge in [-0.3, -0.25) is 5.43 Å². The van der Waals surface area contributed by atoms with Crippen molar-refractivity contribution in [2.24, 2.45) is 9.50 Å². The minimum atomic E-state index is -3.65. The number of fused-ring (bicyclic) bond motifs is 2. The van der Waals surface area contributed by atoms with Gasteiger partial charge in [-0.1, -0.05) is 54.6 Å². The van der Waals surface area contributed by atoms with Crippen LogP contribution in [0.2, 0.25) is 0 Å². The minimum absolute atomic E-state index is 0.204. The Hall–Kier alpha value is -2.99. The van der Waals surface area contributed by atoms with E-state index in [1.807, 2.05) is 49.4 Å². The van der Waals surface area contributed by atoms with Gasteiger partial charge in [-0.15, -0.1) is 4.40 Å². The van der Waals surface area contributed by atoms with Crippen molar-refractivity contribution in [3.05, 3.63) is 77.9 Å². The van der Waals surface area contributed by atoms with Crippen LogP contribution in [-0.4, -0.2) is 20.0 Å². The average Bonchev–Trinajstić information content (AvgIpc) is 2.90. The number of nitrogens with one attached hydrogen (secondary N) is 1. The number of sulfonamides is 1. The molecule has 0 unspecified atom stereocenters. The maximum Gasteiger partial charge on any atom is 0.285 e. The van der Waals surface area contributed by atoms with Gasteiger partial charge in [-0.25, -0.2) is 0 Å². The normalized spacial score (nSPS) is 15.7. The highest BCUT2D eigenvalue weighted by molar-refractivity contribution is 7.90. The molecule has 4 rings (SSSR count). The zero-order valence-corrected chi connectivity index (χ0v) is 14.3. The predicted octanol–water partition coefficient (Wildman–Crippen LogP) is 3.30. The van der Waals surface area contributed by atoms with Crippen LogP contribution in [0.3, 0.4) is 0 Å². The fourth-order valence-electron chi connectivity index (χ4n) is 2.92. The van der Waals surface area contributed by atoms with E-state index in [1.165, 1.54) is 0 Å². The molecule has 1 aliphatic heterocycles.